The van der Waals surface area contributed by atoms with Crippen molar-refractivity contribution in [1.29, 1.82) is 0 Å². The molecule has 1 aliphatic carbocycles. The first-order valence-corrected chi connectivity index (χ1v) is 11.0. The molecule has 1 heterocycles. The van der Waals surface area contributed by atoms with E-state index in [0.29, 0.717) is 39.8 Å². The summed E-state index contributed by atoms with van der Waals surface area (Å²) in [5, 5.41) is 3.90. The second-order valence-electron chi connectivity index (χ2n) is 8.79. The number of Topliss-reactive ketones (excluding diaryl/α,β-unsaturated/α-hetero) is 1. The molecule has 7 heteroatoms. The van der Waals surface area contributed by atoms with E-state index in [1.165, 1.54) is 10.6 Å². The van der Waals surface area contributed by atoms with Gasteiger partial charge in [-0.3, -0.25) is 19.0 Å². The van der Waals surface area contributed by atoms with Gasteiger partial charge in [0, 0.05) is 40.0 Å². The number of carbonyl (C=O) groups excluding carboxylic acids is 2. The average molecular weight is 469 g/mol. The molecular formula is C25H22Cl2N2O3. The molecule has 0 atom stereocenters. The van der Waals surface area contributed by atoms with Gasteiger partial charge in [-0.25, -0.2) is 0 Å². The number of amides is 1. The van der Waals surface area contributed by atoms with Gasteiger partial charge in [-0.2, -0.15) is 0 Å². The fourth-order valence-electron chi connectivity index (χ4n) is 4.02. The van der Waals surface area contributed by atoms with Crippen LogP contribution in [0.4, 0.5) is 0 Å². The Morgan fingerprint density at radius 2 is 1.56 bits per heavy atom. The number of benzene rings is 2. The van der Waals surface area contributed by atoms with Crippen molar-refractivity contribution in [2.45, 2.75) is 33.2 Å². The summed E-state index contributed by atoms with van der Waals surface area (Å²) in [5.74, 6) is -0.612. The zero-order valence-corrected chi connectivity index (χ0v) is 19.3. The van der Waals surface area contributed by atoms with E-state index in [2.05, 4.69) is 5.32 Å². The van der Waals surface area contributed by atoms with Crippen LogP contribution in [-0.2, 0) is 13.0 Å². The van der Waals surface area contributed by atoms with Crippen LogP contribution in [0.3, 0.4) is 0 Å². The van der Waals surface area contributed by atoms with E-state index in [1.807, 2.05) is 13.8 Å². The second kappa shape index (κ2) is 8.57. The van der Waals surface area contributed by atoms with E-state index in [9.17, 15) is 14.4 Å². The quantitative estimate of drug-likeness (QED) is 0.569. The Morgan fingerprint density at radius 1 is 0.969 bits per heavy atom. The van der Waals surface area contributed by atoms with Crippen molar-refractivity contribution >= 4 is 34.9 Å². The van der Waals surface area contributed by atoms with Gasteiger partial charge in [0.15, 0.2) is 5.78 Å². The topological polar surface area (TPSA) is 68.2 Å². The smallest absolute Gasteiger partial charge is 0.268 e. The van der Waals surface area contributed by atoms with Gasteiger partial charge < -0.3 is 5.32 Å². The van der Waals surface area contributed by atoms with Crippen molar-refractivity contribution in [3.63, 3.8) is 0 Å². The van der Waals surface area contributed by atoms with Crippen LogP contribution in [0.5, 0.6) is 0 Å². The Hall–Kier alpha value is -2.89. The largest absolute Gasteiger partial charge is 0.348 e. The van der Waals surface area contributed by atoms with Gasteiger partial charge in [-0.15, -0.1) is 0 Å². The van der Waals surface area contributed by atoms with Gasteiger partial charge in [-0.1, -0.05) is 49.2 Å². The SMILES string of the molecule is CC1(C)CC(=O)c2cc(C(=O)NCc3ccc(Cl)cc3)c(=O)n(-c3ccc(Cl)cc3)c2C1. The molecule has 3 aromatic rings. The van der Waals surface area contributed by atoms with Crippen LogP contribution < -0.4 is 10.9 Å². The first-order valence-electron chi connectivity index (χ1n) is 10.3. The third-order valence-corrected chi connectivity index (χ3v) is 6.09. The summed E-state index contributed by atoms with van der Waals surface area (Å²) >= 11 is 11.9. The highest BCUT2D eigenvalue weighted by Gasteiger charge is 2.35. The Morgan fingerprint density at radius 3 is 2.19 bits per heavy atom. The van der Waals surface area contributed by atoms with Gasteiger partial charge in [0.05, 0.1) is 0 Å². The molecule has 2 aromatic carbocycles. The molecule has 1 aliphatic rings. The third-order valence-electron chi connectivity index (χ3n) is 5.58. The lowest BCUT2D eigenvalue weighted by Crippen LogP contribution is -2.38. The number of fused-ring (bicyclic) bond motifs is 1. The lowest BCUT2D eigenvalue weighted by Gasteiger charge is -2.32. The first-order chi connectivity index (χ1) is 15.1. The zero-order valence-electron chi connectivity index (χ0n) is 17.7. The Balaban J connectivity index is 1.79. The highest BCUT2D eigenvalue weighted by Crippen LogP contribution is 2.35. The van der Waals surface area contributed by atoms with E-state index in [-0.39, 0.29) is 23.3 Å². The molecule has 1 amide bonds. The van der Waals surface area contributed by atoms with Crippen LogP contribution in [0.25, 0.3) is 5.69 Å². The maximum absolute atomic E-state index is 13.5. The molecule has 0 aliphatic heterocycles. The van der Waals surface area contributed by atoms with Gasteiger partial charge in [-0.05, 0) is 59.9 Å². The maximum Gasteiger partial charge on any atom is 0.268 e. The van der Waals surface area contributed by atoms with Gasteiger partial charge in [0.2, 0.25) is 0 Å². The highest BCUT2D eigenvalue weighted by atomic mass is 35.5. The zero-order chi connectivity index (χ0) is 23.0. The number of pyridine rings is 1. The number of nitrogens with zero attached hydrogens (tertiary/aromatic N) is 1. The summed E-state index contributed by atoms with van der Waals surface area (Å²) in [7, 11) is 0. The number of halogens is 2. The monoisotopic (exact) mass is 468 g/mol. The first kappa shape index (κ1) is 22.3. The number of nitrogens with one attached hydrogen (secondary N) is 1. The Kier molecular flexibility index (Phi) is 5.97. The summed E-state index contributed by atoms with van der Waals surface area (Å²) < 4.78 is 1.47. The predicted octanol–water partition coefficient (Wildman–Crippen LogP) is 5.23. The summed E-state index contributed by atoms with van der Waals surface area (Å²) in [4.78, 5) is 39.4. The Bertz CT molecular complexity index is 1260. The summed E-state index contributed by atoms with van der Waals surface area (Å²) in [5.41, 5.74) is 1.61. The molecule has 0 saturated heterocycles. The molecule has 1 aromatic heterocycles. The van der Waals surface area contributed by atoms with E-state index >= 15 is 0 Å². The standard InChI is InChI=1S/C25H22Cl2N2O3/c1-25(2)12-21-19(22(30)13-25)11-20(23(31)28-14-15-3-5-16(26)6-4-15)24(32)29(21)18-9-7-17(27)8-10-18/h3-11H,12-14H2,1-2H3,(H,28,31). The minimum absolute atomic E-state index is 0.0688. The van der Waals surface area contributed by atoms with Crippen molar-refractivity contribution in [2.24, 2.45) is 5.41 Å². The van der Waals surface area contributed by atoms with E-state index in [0.717, 1.165) is 5.56 Å². The van der Waals surface area contributed by atoms with Gasteiger partial charge >= 0.3 is 0 Å². The summed E-state index contributed by atoms with van der Waals surface area (Å²) in [6.07, 6.45) is 0.892. The van der Waals surface area contributed by atoms with E-state index in [1.54, 1.807) is 48.5 Å². The van der Waals surface area contributed by atoms with Crippen molar-refractivity contribution in [1.82, 2.24) is 9.88 Å². The lowest BCUT2D eigenvalue weighted by molar-refractivity contribution is 0.0908. The molecule has 4 rings (SSSR count). The lowest BCUT2D eigenvalue weighted by atomic mass is 9.75. The van der Waals surface area contributed by atoms with Gasteiger partial charge in [0.1, 0.15) is 5.56 Å². The molecule has 0 bridgehead atoms. The molecule has 5 nitrogen and oxygen atoms in total. The Labute approximate surface area is 196 Å². The second-order valence-corrected chi connectivity index (χ2v) is 9.66. The molecule has 164 valence electrons. The van der Waals surface area contributed by atoms with Crippen LogP contribution in [0.1, 0.15) is 52.2 Å². The maximum atomic E-state index is 13.5. The average Bonchev–Trinajstić information content (AvgIpc) is 2.73. The summed E-state index contributed by atoms with van der Waals surface area (Å²) in [6.45, 7) is 4.23. The number of carbonyl (C=O) groups is 2. The van der Waals surface area contributed by atoms with Crippen LogP contribution in [0.2, 0.25) is 10.0 Å². The predicted molar refractivity (Wildman–Crippen MR) is 126 cm³/mol. The van der Waals surface area contributed by atoms with Crippen molar-refractivity contribution in [3.05, 3.63) is 97.4 Å². The molecule has 0 radical (unpaired) electrons. The van der Waals surface area contributed by atoms with Crippen LogP contribution >= 0.6 is 23.2 Å². The van der Waals surface area contributed by atoms with E-state index < -0.39 is 11.5 Å². The van der Waals surface area contributed by atoms with Crippen molar-refractivity contribution in [3.8, 4) is 5.69 Å². The number of rotatable bonds is 4. The molecule has 32 heavy (non-hydrogen) atoms. The van der Waals surface area contributed by atoms with Gasteiger partial charge in [0.25, 0.3) is 11.5 Å². The fourth-order valence-corrected chi connectivity index (χ4v) is 4.27. The number of hydrogen-bond donors (Lipinski definition) is 1. The number of ketones is 1. The van der Waals surface area contributed by atoms with Crippen LogP contribution in [-0.4, -0.2) is 16.3 Å². The normalized spacial score (nSPS) is 14.7. The molecule has 0 saturated carbocycles. The van der Waals surface area contributed by atoms with Crippen molar-refractivity contribution < 1.29 is 9.59 Å². The van der Waals surface area contributed by atoms with Crippen molar-refractivity contribution in [2.75, 3.05) is 0 Å². The minimum Gasteiger partial charge on any atom is -0.348 e. The minimum atomic E-state index is -0.534. The third kappa shape index (κ3) is 4.50. The molecular weight excluding hydrogens is 447 g/mol. The number of hydrogen-bond acceptors (Lipinski definition) is 3. The van der Waals surface area contributed by atoms with Crippen LogP contribution in [0, 0.1) is 5.41 Å². The molecule has 0 fully saturated rings. The van der Waals surface area contributed by atoms with Crippen LogP contribution in [0.15, 0.2) is 59.4 Å². The summed E-state index contributed by atoms with van der Waals surface area (Å²) in [6, 6.07) is 15.3. The fraction of sp³-hybridized carbons (Fsp3) is 0.240. The molecule has 1 N–H and O–H groups in total. The highest BCUT2D eigenvalue weighted by molar-refractivity contribution is 6.30. The van der Waals surface area contributed by atoms with E-state index in [4.69, 9.17) is 23.2 Å². The number of aromatic nitrogens is 1. The molecule has 0 spiro atoms. The molecule has 0 unspecified atom stereocenters.